The molecule has 14 heteroatoms. The van der Waals surface area contributed by atoms with Gasteiger partial charge >= 0.3 is 11.9 Å². The van der Waals surface area contributed by atoms with E-state index in [1.165, 1.54) is 12.1 Å². The summed E-state index contributed by atoms with van der Waals surface area (Å²) in [6.45, 7) is -1.07. The first-order chi connectivity index (χ1) is 30.0. The molecule has 62 heavy (non-hydrogen) atoms. The number of esters is 2. The Balaban J connectivity index is 0.794. The zero-order valence-corrected chi connectivity index (χ0v) is 32.2. The number of nitrogens with one attached hydrogen (secondary N) is 2. The Kier molecular flexibility index (Phi) is 9.85. The van der Waals surface area contributed by atoms with Crippen molar-refractivity contribution in [3.63, 3.8) is 0 Å². The van der Waals surface area contributed by atoms with E-state index in [2.05, 4.69) is 10.6 Å². The summed E-state index contributed by atoms with van der Waals surface area (Å²) in [5.74, 6) is -4.44. The molecular weight excluding hydrogens is 793 g/mol. The lowest BCUT2D eigenvalue weighted by Crippen LogP contribution is -2.33. The highest BCUT2D eigenvalue weighted by molar-refractivity contribution is 6.22. The van der Waals surface area contributed by atoms with Gasteiger partial charge in [-0.25, -0.2) is 19.4 Å². The van der Waals surface area contributed by atoms with Crippen LogP contribution in [0.2, 0.25) is 0 Å². The minimum absolute atomic E-state index is 0.196. The molecular formula is C48H30N4O10. The molecule has 0 aromatic heterocycles. The Labute approximate surface area is 351 Å². The molecule has 0 saturated heterocycles. The van der Waals surface area contributed by atoms with Crippen molar-refractivity contribution in [1.82, 2.24) is 9.80 Å². The van der Waals surface area contributed by atoms with Crippen molar-refractivity contribution in [1.29, 1.82) is 0 Å². The van der Waals surface area contributed by atoms with E-state index in [4.69, 9.17) is 9.47 Å². The summed E-state index contributed by atoms with van der Waals surface area (Å²) in [7, 11) is 0. The first-order valence-electron chi connectivity index (χ1n) is 19.1. The van der Waals surface area contributed by atoms with Gasteiger partial charge in [0.2, 0.25) is 0 Å². The molecule has 0 saturated carbocycles. The lowest BCUT2D eigenvalue weighted by Gasteiger charge is -2.14. The van der Waals surface area contributed by atoms with E-state index in [0.717, 1.165) is 9.80 Å². The summed E-state index contributed by atoms with van der Waals surface area (Å²) in [6, 6.07) is 38.8. The van der Waals surface area contributed by atoms with E-state index < -0.39 is 60.8 Å². The zero-order chi connectivity index (χ0) is 43.1. The number of nitrogens with zero attached hydrogens (tertiary/aromatic N) is 2. The lowest BCUT2D eigenvalue weighted by molar-refractivity contribution is 0.0207. The third-order valence-electron chi connectivity index (χ3n) is 10.5. The maximum Gasteiger partial charge on any atom is 0.339 e. The molecule has 0 fully saturated rings. The predicted molar refractivity (Wildman–Crippen MR) is 225 cm³/mol. The number of amides is 6. The van der Waals surface area contributed by atoms with Crippen LogP contribution in [0.3, 0.4) is 0 Å². The van der Waals surface area contributed by atoms with Gasteiger partial charge in [-0.2, -0.15) is 0 Å². The van der Waals surface area contributed by atoms with Gasteiger partial charge in [0.25, 0.3) is 35.4 Å². The summed E-state index contributed by atoms with van der Waals surface area (Å²) in [5, 5.41) is 8.31. The van der Waals surface area contributed by atoms with Gasteiger partial charge in [-0.15, -0.1) is 0 Å². The topological polar surface area (TPSA) is 186 Å². The average Bonchev–Trinajstić information content (AvgIpc) is 3.69. The van der Waals surface area contributed by atoms with Crippen molar-refractivity contribution < 1.29 is 47.8 Å². The number of ether oxygens (including phenoxy) is 2. The normalized spacial score (nSPS) is 13.0. The van der Waals surface area contributed by atoms with Crippen LogP contribution in [0.5, 0.6) is 0 Å². The molecule has 2 aliphatic rings. The van der Waals surface area contributed by atoms with E-state index in [1.54, 1.807) is 133 Å². The Morgan fingerprint density at radius 2 is 0.710 bits per heavy atom. The maximum absolute atomic E-state index is 13.3. The molecule has 0 atom stereocenters. The highest BCUT2D eigenvalue weighted by Crippen LogP contribution is 2.26. The Morgan fingerprint density at radius 1 is 0.387 bits per heavy atom. The highest BCUT2D eigenvalue weighted by Gasteiger charge is 2.37. The Hall–Kier alpha value is -8.78. The van der Waals surface area contributed by atoms with Crippen LogP contribution in [-0.2, 0) is 9.47 Å². The van der Waals surface area contributed by atoms with Crippen molar-refractivity contribution in [3.05, 3.63) is 190 Å². The minimum Gasteiger partial charge on any atom is -0.440 e. The second kappa shape index (κ2) is 15.8. The molecule has 2 aliphatic heterocycles. The molecule has 0 unspecified atom stereocenters. The van der Waals surface area contributed by atoms with Gasteiger partial charge in [0.1, 0.15) is 0 Å². The van der Waals surface area contributed by atoms with Crippen molar-refractivity contribution in [2.75, 3.05) is 24.1 Å². The number of carbonyl (C=O) groups excluding carboxylic acids is 8. The van der Waals surface area contributed by atoms with Gasteiger partial charge in [-0.05, 0) is 113 Å². The van der Waals surface area contributed by atoms with Gasteiger partial charge in [0.05, 0.1) is 33.4 Å². The molecule has 14 nitrogen and oxygen atoms in total. The number of rotatable bonds is 10. The molecule has 6 amide bonds. The number of anilines is 2. The summed E-state index contributed by atoms with van der Waals surface area (Å²) >= 11 is 0. The summed E-state index contributed by atoms with van der Waals surface area (Å²) in [5.41, 5.74) is 2.91. The predicted octanol–water partition coefficient (Wildman–Crippen LogP) is 7.32. The SMILES string of the molecule is O=C(Nc1cccc(NC(=O)c2ccc3cc(C(=O)OCN4C(=O)c5ccccc5C4=O)ccc3c2)c1)c1ccc2cc(C(=O)OCN3C(=O)c4ccccc4C3=O)ccc2c1. The number of imide groups is 2. The number of carbonyl (C=O) groups is 8. The van der Waals surface area contributed by atoms with E-state index in [-0.39, 0.29) is 33.4 Å². The quantitative estimate of drug-likeness (QED) is 0.105. The van der Waals surface area contributed by atoms with Crippen LogP contribution >= 0.6 is 0 Å². The van der Waals surface area contributed by atoms with Gasteiger partial charge in [0, 0.05) is 22.5 Å². The first kappa shape index (κ1) is 38.7. The fourth-order valence-corrected chi connectivity index (χ4v) is 7.23. The third kappa shape index (κ3) is 7.28. The van der Waals surface area contributed by atoms with Crippen LogP contribution in [0.25, 0.3) is 21.5 Å². The van der Waals surface area contributed by atoms with Crippen LogP contribution in [0, 0.1) is 0 Å². The average molecular weight is 823 g/mol. The van der Waals surface area contributed by atoms with E-state index in [0.29, 0.717) is 44.0 Å². The van der Waals surface area contributed by atoms with Gasteiger partial charge in [-0.1, -0.05) is 54.6 Å². The van der Waals surface area contributed by atoms with Crippen LogP contribution in [0.15, 0.2) is 146 Å². The second-order valence-corrected chi connectivity index (χ2v) is 14.3. The second-order valence-electron chi connectivity index (χ2n) is 14.3. The molecule has 302 valence electrons. The summed E-state index contributed by atoms with van der Waals surface area (Å²) in [4.78, 5) is 105. The molecule has 0 bridgehead atoms. The van der Waals surface area contributed by atoms with Crippen molar-refractivity contribution >= 4 is 80.3 Å². The molecule has 2 heterocycles. The molecule has 0 radical (unpaired) electrons. The molecule has 2 N–H and O–H groups in total. The first-order valence-corrected chi connectivity index (χ1v) is 19.1. The highest BCUT2D eigenvalue weighted by atomic mass is 16.6. The number of fused-ring (bicyclic) bond motifs is 4. The number of hydrogen-bond donors (Lipinski definition) is 2. The largest absolute Gasteiger partial charge is 0.440 e. The fraction of sp³-hybridized carbons (Fsp3) is 0.0417. The van der Waals surface area contributed by atoms with E-state index in [9.17, 15) is 38.4 Å². The van der Waals surface area contributed by atoms with E-state index >= 15 is 0 Å². The van der Waals surface area contributed by atoms with Crippen LogP contribution < -0.4 is 10.6 Å². The number of benzene rings is 7. The molecule has 7 aromatic rings. The van der Waals surface area contributed by atoms with Crippen molar-refractivity contribution in [2.24, 2.45) is 0 Å². The smallest absolute Gasteiger partial charge is 0.339 e. The standard InChI is InChI=1S/C48H30N4O10/c53-41(31-16-12-29-22-33(18-14-27(29)20-31)47(59)61-25-51-43(55)37-8-1-2-9-38(37)44(51)56)49-35-6-5-7-36(24-35)50-42(54)32-17-13-30-23-34(19-15-28(30)21-32)48(60)62-26-52-45(57)39-10-3-4-11-40(39)46(52)58/h1-24H,25-26H2,(H,49,53)(H,50,54). The molecule has 0 aliphatic carbocycles. The summed E-state index contributed by atoms with van der Waals surface area (Å²) < 4.78 is 10.6. The van der Waals surface area contributed by atoms with Crippen molar-refractivity contribution in [3.8, 4) is 0 Å². The van der Waals surface area contributed by atoms with E-state index in [1.807, 2.05) is 0 Å². The van der Waals surface area contributed by atoms with Crippen molar-refractivity contribution in [2.45, 2.75) is 0 Å². The summed E-state index contributed by atoms with van der Waals surface area (Å²) in [6.07, 6.45) is 0. The van der Waals surface area contributed by atoms with Crippen LogP contribution in [0.1, 0.15) is 82.9 Å². The molecule has 0 spiro atoms. The molecule has 7 aromatic carbocycles. The van der Waals surface area contributed by atoms with Crippen LogP contribution in [0.4, 0.5) is 11.4 Å². The number of hydrogen-bond acceptors (Lipinski definition) is 10. The Morgan fingerprint density at radius 3 is 1.06 bits per heavy atom. The lowest BCUT2D eigenvalue weighted by atomic mass is 10.0. The molecule has 9 rings (SSSR count). The van der Waals surface area contributed by atoms with Crippen LogP contribution in [-0.4, -0.2) is 70.6 Å². The third-order valence-corrected chi connectivity index (χ3v) is 10.5. The maximum atomic E-state index is 13.3. The fourth-order valence-electron chi connectivity index (χ4n) is 7.23. The zero-order valence-electron chi connectivity index (χ0n) is 32.2. The Bertz CT molecular complexity index is 2850. The minimum atomic E-state index is -0.728. The van der Waals surface area contributed by atoms with Gasteiger partial charge in [-0.3, -0.25) is 28.8 Å². The van der Waals surface area contributed by atoms with Gasteiger partial charge in [0.15, 0.2) is 13.5 Å². The van der Waals surface area contributed by atoms with Gasteiger partial charge < -0.3 is 20.1 Å². The monoisotopic (exact) mass is 822 g/mol.